The first-order chi connectivity index (χ1) is 12.2. The lowest BCUT2D eigenvalue weighted by Crippen LogP contribution is -1.95. The largest absolute Gasteiger partial charge is 0.457 e. The second-order valence-corrected chi connectivity index (χ2v) is 5.02. The predicted octanol–water partition coefficient (Wildman–Crippen LogP) is 4.23. The molecule has 0 saturated heterocycles. The summed E-state index contributed by atoms with van der Waals surface area (Å²) in [6, 6.07) is 19.8. The minimum absolute atomic E-state index is 0.0692. The van der Waals surface area contributed by atoms with E-state index < -0.39 is 4.92 Å². The summed E-state index contributed by atoms with van der Waals surface area (Å²) in [5.41, 5.74) is 3.49. The maximum absolute atomic E-state index is 10.6. The molecule has 0 aliphatic rings. The third-order valence-electron chi connectivity index (χ3n) is 3.19. The summed E-state index contributed by atoms with van der Waals surface area (Å²) >= 11 is 0. The molecule has 7 heteroatoms. The third-order valence-corrected chi connectivity index (χ3v) is 3.19. The molecule has 3 rings (SSSR count). The molecule has 1 aromatic heterocycles. The van der Waals surface area contributed by atoms with Crippen LogP contribution in [0.25, 0.3) is 0 Å². The van der Waals surface area contributed by atoms with Gasteiger partial charge in [-0.3, -0.25) is 15.5 Å². The molecule has 0 unspecified atom stereocenters. The first-order valence-electron chi connectivity index (χ1n) is 7.43. The fourth-order valence-electron chi connectivity index (χ4n) is 2.02. The summed E-state index contributed by atoms with van der Waals surface area (Å²) in [5, 5.41) is 14.6. The molecule has 1 N–H and O–H groups in total. The van der Waals surface area contributed by atoms with Crippen molar-refractivity contribution in [3.63, 3.8) is 0 Å². The van der Waals surface area contributed by atoms with Gasteiger partial charge in [-0.05, 0) is 35.9 Å². The molecule has 0 amide bonds. The van der Waals surface area contributed by atoms with Crippen LogP contribution in [0.4, 0.5) is 11.5 Å². The highest BCUT2D eigenvalue weighted by Crippen LogP contribution is 2.21. The number of hydrogen-bond donors (Lipinski definition) is 1. The van der Waals surface area contributed by atoms with Crippen LogP contribution in [0, 0.1) is 10.1 Å². The number of para-hydroxylation sites is 1. The molecule has 0 saturated carbocycles. The van der Waals surface area contributed by atoms with Gasteiger partial charge in [0, 0.05) is 6.07 Å². The predicted molar refractivity (Wildman–Crippen MR) is 95.1 cm³/mol. The van der Waals surface area contributed by atoms with Gasteiger partial charge in [-0.15, -0.1) is 0 Å². The summed E-state index contributed by atoms with van der Waals surface area (Å²) in [6.07, 6.45) is 2.78. The van der Waals surface area contributed by atoms with Crippen LogP contribution in [-0.2, 0) is 0 Å². The first kappa shape index (κ1) is 16.1. The number of hydrazone groups is 1. The van der Waals surface area contributed by atoms with Crippen molar-refractivity contribution in [2.45, 2.75) is 0 Å². The van der Waals surface area contributed by atoms with Crippen molar-refractivity contribution in [2.24, 2.45) is 5.10 Å². The van der Waals surface area contributed by atoms with Crippen LogP contribution in [0.2, 0.25) is 0 Å². The number of ether oxygens (including phenoxy) is 1. The van der Waals surface area contributed by atoms with Crippen LogP contribution in [-0.4, -0.2) is 16.1 Å². The Bertz CT molecular complexity index is 880. The number of hydrogen-bond acceptors (Lipinski definition) is 6. The van der Waals surface area contributed by atoms with E-state index in [9.17, 15) is 10.1 Å². The van der Waals surface area contributed by atoms with Gasteiger partial charge in [-0.25, -0.2) is 4.98 Å². The highest BCUT2D eigenvalue weighted by atomic mass is 16.6. The van der Waals surface area contributed by atoms with Crippen LogP contribution in [0.1, 0.15) is 5.56 Å². The van der Waals surface area contributed by atoms with E-state index in [1.165, 1.54) is 18.3 Å². The highest BCUT2D eigenvalue weighted by Gasteiger charge is 2.04. The number of benzene rings is 2. The average molecular weight is 334 g/mol. The van der Waals surface area contributed by atoms with E-state index in [2.05, 4.69) is 15.5 Å². The van der Waals surface area contributed by atoms with Gasteiger partial charge < -0.3 is 4.74 Å². The second kappa shape index (κ2) is 7.69. The van der Waals surface area contributed by atoms with Gasteiger partial charge in [0.2, 0.25) is 0 Å². The Kier molecular flexibility index (Phi) is 4.96. The zero-order valence-corrected chi connectivity index (χ0v) is 13.1. The molecule has 1 heterocycles. The van der Waals surface area contributed by atoms with Crippen molar-refractivity contribution in [1.82, 2.24) is 4.98 Å². The summed E-state index contributed by atoms with van der Waals surface area (Å²) in [5.74, 6) is 1.87. The van der Waals surface area contributed by atoms with E-state index in [1.54, 1.807) is 6.21 Å². The molecule has 124 valence electrons. The number of pyridine rings is 1. The summed E-state index contributed by atoms with van der Waals surface area (Å²) in [4.78, 5) is 14.0. The molecule has 0 radical (unpaired) electrons. The quantitative estimate of drug-likeness (QED) is 0.414. The van der Waals surface area contributed by atoms with E-state index in [4.69, 9.17) is 4.74 Å². The van der Waals surface area contributed by atoms with E-state index in [0.717, 1.165) is 11.3 Å². The molecule has 0 aliphatic heterocycles. The van der Waals surface area contributed by atoms with Crippen molar-refractivity contribution in [1.29, 1.82) is 0 Å². The molecule has 0 fully saturated rings. The van der Waals surface area contributed by atoms with Crippen molar-refractivity contribution in [3.8, 4) is 11.5 Å². The maximum atomic E-state index is 10.6. The Morgan fingerprint density at radius 3 is 2.56 bits per heavy atom. The standard InChI is InChI=1S/C18H14N4O3/c23-22(24)15-9-10-18(19-13-15)21-20-12-14-5-4-8-17(11-14)25-16-6-2-1-3-7-16/h1-13H,(H,19,21)/b20-12+. The van der Waals surface area contributed by atoms with E-state index >= 15 is 0 Å². The summed E-state index contributed by atoms with van der Waals surface area (Å²) < 4.78 is 5.76. The molecule has 3 aromatic rings. The SMILES string of the molecule is O=[N+]([O-])c1ccc(N/N=C/c2cccc(Oc3ccccc3)c2)nc1. The normalized spacial score (nSPS) is 10.6. The van der Waals surface area contributed by atoms with Crippen LogP contribution in [0.15, 0.2) is 78.0 Å². The minimum Gasteiger partial charge on any atom is -0.457 e. The molecular weight excluding hydrogens is 320 g/mol. The molecule has 0 atom stereocenters. The van der Waals surface area contributed by atoms with Gasteiger partial charge in [-0.1, -0.05) is 30.3 Å². The molecule has 0 bridgehead atoms. The van der Waals surface area contributed by atoms with Gasteiger partial charge >= 0.3 is 0 Å². The van der Waals surface area contributed by atoms with Gasteiger partial charge in [0.25, 0.3) is 5.69 Å². The van der Waals surface area contributed by atoms with Crippen molar-refractivity contribution in [2.75, 3.05) is 5.43 Å². The fourth-order valence-corrected chi connectivity index (χ4v) is 2.02. The zero-order valence-electron chi connectivity index (χ0n) is 13.1. The average Bonchev–Trinajstić information content (AvgIpc) is 2.63. The fraction of sp³-hybridized carbons (Fsp3) is 0. The van der Waals surface area contributed by atoms with Crippen LogP contribution in [0.3, 0.4) is 0 Å². The van der Waals surface area contributed by atoms with Crippen LogP contribution in [0.5, 0.6) is 11.5 Å². The monoisotopic (exact) mass is 334 g/mol. The van der Waals surface area contributed by atoms with Gasteiger partial charge in [0.15, 0.2) is 0 Å². The Hall–Kier alpha value is -3.74. The highest BCUT2D eigenvalue weighted by molar-refractivity contribution is 5.80. The topological polar surface area (TPSA) is 89.7 Å². The number of nitrogens with zero attached hydrogens (tertiary/aromatic N) is 3. The third kappa shape index (κ3) is 4.61. The molecule has 0 spiro atoms. The van der Waals surface area contributed by atoms with Crippen molar-refractivity contribution >= 4 is 17.7 Å². The Labute approximate surface area is 143 Å². The zero-order chi connectivity index (χ0) is 17.5. The molecule has 2 aromatic carbocycles. The van der Waals surface area contributed by atoms with Gasteiger partial charge in [0.1, 0.15) is 23.5 Å². The number of nitrogens with one attached hydrogen (secondary N) is 1. The second-order valence-electron chi connectivity index (χ2n) is 5.02. The number of nitro groups is 1. The Morgan fingerprint density at radius 1 is 1.04 bits per heavy atom. The van der Waals surface area contributed by atoms with Gasteiger partial charge in [-0.2, -0.15) is 5.10 Å². The lowest BCUT2D eigenvalue weighted by Gasteiger charge is -2.05. The van der Waals surface area contributed by atoms with E-state index in [0.29, 0.717) is 11.6 Å². The first-order valence-corrected chi connectivity index (χ1v) is 7.43. The number of anilines is 1. The Balaban J connectivity index is 1.63. The van der Waals surface area contributed by atoms with Crippen LogP contribution < -0.4 is 10.2 Å². The molecule has 7 nitrogen and oxygen atoms in total. The molecular formula is C18H14N4O3. The van der Waals surface area contributed by atoms with Crippen molar-refractivity contribution in [3.05, 3.63) is 88.6 Å². The van der Waals surface area contributed by atoms with Crippen molar-refractivity contribution < 1.29 is 9.66 Å². The van der Waals surface area contributed by atoms with Crippen LogP contribution >= 0.6 is 0 Å². The smallest absolute Gasteiger partial charge is 0.287 e. The summed E-state index contributed by atoms with van der Waals surface area (Å²) in [7, 11) is 0. The lowest BCUT2D eigenvalue weighted by atomic mass is 10.2. The van der Waals surface area contributed by atoms with E-state index in [-0.39, 0.29) is 5.69 Å². The molecule has 0 aliphatic carbocycles. The molecule has 25 heavy (non-hydrogen) atoms. The number of aromatic nitrogens is 1. The van der Waals surface area contributed by atoms with Gasteiger partial charge in [0.05, 0.1) is 11.1 Å². The van der Waals surface area contributed by atoms with E-state index in [1.807, 2.05) is 54.6 Å². The minimum atomic E-state index is -0.502. The summed E-state index contributed by atoms with van der Waals surface area (Å²) in [6.45, 7) is 0. The number of rotatable bonds is 6. The Morgan fingerprint density at radius 2 is 1.84 bits per heavy atom. The lowest BCUT2D eigenvalue weighted by molar-refractivity contribution is -0.385. The maximum Gasteiger partial charge on any atom is 0.287 e.